The van der Waals surface area contributed by atoms with Gasteiger partial charge in [-0.15, -0.1) is 0 Å². The highest BCUT2D eigenvalue weighted by molar-refractivity contribution is 5.51. The third-order valence-electron chi connectivity index (χ3n) is 3.29. The van der Waals surface area contributed by atoms with Gasteiger partial charge in [-0.05, 0) is 61.7 Å². The summed E-state index contributed by atoms with van der Waals surface area (Å²) in [6.45, 7) is 4.18. The molecule has 2 rings (SSSR count). The van der Waals surface area contributed by atoms with Gasteiger partial charge in [0.1, 0.15) is 11.5 Å². The molecule has 0 radical (unpaired) electrons. The molecule has 0 saturated carbocycles. The Kier molecular flexibility index (Phi) is 4.51. The highest BCUT2D eigenvalue weighted by Crippen LogP contribution is 2.22. The number of phenols is 1. The molecule has 0 saturated heterocycles. The lowest BCUT2D eigenvalue weighted by Crippen LogP contribution is -2.18. The summed E-state index contributed by atoms with van der Waals surface area (Å²) in [6, 6.07) is 13.8. The van der Waals surface area contributed by atoms with Crippen LogP contribution in [-0.4, -0.2) is 18.3 Å². The highest BCUT2D eigenvalue weighted by atomic mass is 16.5. The van der Waals surface area contributed by atoms with Crippen LogP contribution in [0.5, 0.6) is 11.5 Å². The van der Waals surface area contributed by atoms with Crippen molar-refractivity contribution in [2.75, 3.05) is 12.4 Å². The Balaban J connectivity index is 1.99. The first-order chi connectivity index (χ1) is 9.58. The quantitative estimate of drug-likeness (QED) is 0.870. The molecule has 106 valence electrons. The largest absolute Gasteiger partial charge is 0.508 e. The first kappa shape index (κ1) is 14.3. The molecule has 2 N–H and O–H groups in total. The van der Waals surface area contributed by atoms with Gasteiger partial charge >= 0.3 is 0 Å². The normalized spacial score (nSPS) is 11.9. The standard InChI is InChI=1S/C17H21NO2/c1-12-10-15(6-9-17(12)20-3)18-13(2)11-14-4-7-16(19)8-5-14/h4-10,13,18-19H,11H2,1-3H3. The van der Waals surface area contributed by atoms with Gasteiger partial charge in [0.15, 0.2) is 0 Å². The minimum absolute atomic E-state index is 0.306. The number of methoxy groups -OCH3 is 1. The average molecular weight is 271 g/mol. The molecule has 1 atom stereocenters. The van der Waals surface area contributed by atoms with E-state index in [1.807, 2.05) is 31.2 Å². The van der Waals surface area contributed by atoms with Gasteiger partial charge in [-0.1, -0.05) is 12.1 Å². The Hall–Kier alpha value is -2.16. The molecule has 20 heavy (non-hydrogen) atoms. The van der Waals surface area contributed by atoms with Crippen LogP contribution >= 0.6 is 0 Å². The van der Waals surface area contributed by atoms with E-state index in [-0.39, 0.29) is 0 Å². The summed E-state index contributed by atoms with van der Waals surface area (Å²) in [6.07, 6.45) is 0.908. The molecule has 2 aromatic rings. The second kappa shape index (κ2) is 6.33. The van der Waals surface area contributed by atoms with Crippen LogP contribution in [0.3, 0.4) is 0 Å². The third-order valence-corrected chi connectivity index (χ3v) is 3.29. The maximum Gasteiger partial charge on any atom is 0.121 e. The van der Waals surface area contributed by atoms with Crippen molar-refractivity contribution < 1.29 is 9.84 Å². The minimum Gasteiger partial charge on any atom is -0.508 e. The maximum atomic E-state index is 9.28. The molecule has 1 unspecified atom stereocenters. The van der Waals surface area contributed by atoms with E-state index in [1.165, 1.54) is 5.56 Å². The van der Waals surface area contributed by atoms with E-state index >= 15 is 0 Å². The Morgan fingerprint density at radius 2 is 1.85 bits per heavy atom. The third kappa shape index (κ3) is 3.67. The topological polar surface area (TPSA) is 41.5 Å². The van der Waals surface area contributed by atoms with E-state index in [2.05, 4.69) is 18.3 Å². The fraction of sp³-hybridized carbons (Fsp3) is 0.294. The number of phenolic OH excluding ortho intramolecular Hbond substituents is 1. The van der Waals surface area contributed by atoms with Crippen molar-refractivity contribution in [3.8, 4) is 11.5 Å². The van der Waals surface area contributed by atoms with E-state index in [1.54, 1.807) is 19.2 Å². The van der Waals surface area contributed by atoms with E-state index in [0.29, 0.717) is 11.8 Å². The van der Waals surface area contributed by atoms with E-state index < -0.39 is 0 Å². The summed E-state index contributed by atoms with van der Waals surface area (Å²) >= 11 is 0. The van der Waals surface area contributed by atoms with Crippen LogP contribution < -0.4 is 10.1 Å². The molecule has 0 heterocycles. The SMILES string of the molecule is COc1ccc(NC(C)Cc2ccc(O)cc2)cc1C. The summed E-state index contributed by atoms with van der Waals surface area (Å²) < 4.78 is 5.26. The highest BCUT2D eigenvalue weighted by Gasteiger charge is 2.05. The van der Waals surface area contributed by atoms with Crippen LogP contribution in [0.2, 0.25) is 0 Å². The molecule has 0 aliphatic rings. The number of hydrogen-bond donors (Lipinski definition) is 2. The van der Waals surface area contributed by atoms with Crippen LogP contribution in [0.25, 0.3) is 0 Å². The predicted molar refractivity (Wildman–Crippen MR) is 82.6 cm³/mol. The molecule has 2 aromatic carbocycles. The Labute approximate surface area is 120 Å². The summed E-state index contributed by atoms with van der Waals surface area (Å²) in [7, 11) is 1.68. The van der Waals surface area contributed by atoms with Crippen molar-refractivity contribution >= 4 is 5.69 Å². The lowest BCUT2D eigenvalue weighted by molar-refractivity contribution is 0.412. The van der Waals surface area contributed by atoms with Crippen molar-refractivity contribution in [2.45, 2.75) is 26.3 Å². The first-order valence-corrected chi connectivity index (χ1v) is 6.77. The molecular formula is C17H21NO2. The fourth-order valence-corrected chi connectivity index (χ4v) is 2.29. The van der Waals surface area contributed by atoms with E-state index in [9.17, 15) is 5.11 Å². The van der Waals surface area contributed by atoms with Crippen LogP contribution in [0, 0.1) is 6.92 Å². The number of ether oxygens (including phenoxy) is 1. The van der Waals surface area contributed by atoms with Crippen LogP contribution in [0.4, 0.5) is 5.69 Å². The number of hydrogen-bond acceptors (Lipinski definition) is 3. The van der Waals surface area contributed by atoms with Gasteiger partial charge < -0.3 is 15.2 Å². The van der Waals surface area contributed by atoms with Gasteiger partial charge in [-0.2, -0.15) is 0 Å². The molecule has 0 aliphatic carbocycles. The van der Waals surface area contributed by atoms with E-state index in [0.717, 1.165) is 23.4 Å². The Morgan fingerprint density at radius 3 is 2.45 bits per heavy atom. The zero-order valence-electron chi connectivity index (χ0n) is 12.2. The number of aryl methyl sites for hydroxylation is 1. The minimum atomic E-state index is 0.306. The zero-order chi connectivity index (χ0) is 14.5. The monoisotopic (exact) mass is 271 g/mol. The van der Waals surface area contributed by atoms with Crippen LogP contribution in [-0.2, 0) is 6.42 Å². The summed E-state index contributed by atoms with van der Waals surface area (Å²) in [4.78, 5) is 0. The maximum absolute atomic E-state index is 9.28. The van der Waals surface area contributed by atoms with Crippen molar-refractivity contribution in [3.63, 3.8) is 0 Å². The zero-order valence-corrected chi connectivity index (χ0v) is 12.2. The predicted octanol–water partition coefficient (Wildman–Crippen LogP) is 3.75. The lowest BCUT2D eigenvalue weighted by Gasteiger charge is -2.16. The summed E-state index contributed by atoms with van der Waals surface area (Å²) in [5, 5.41) is 12.8. The molecule has 0 aromatic heterocycles. The molecule has 3 nitrogen and oxygen atoms in total. The molecule has 3 heteroatoms. The first-order valence-electron chi connectivity index (χ1n) is 6.77. The van der Waals surface area contributed by atoms with Gasteiger partial charge in [-0.3, -0.25) is 0 Å². The number of nitrogens with one attached hydrogen (secondary N) is 1. The van der Waals surface area contributed by atoms with Crippen LogP contribution in [0.1, 0.15) is 18.1 Å². The van der Waals surface area contributed by atoms with Gasteiger partial charge in [-0.25, -0.2) is 0 Å². The average Bonchev–Trinajstić information content (AvgIpc) is 2.41. The molecule has 0 amide bonds. The van der Waals surface area contributed by atoms with E-state index in [4.69, 9.17) is 4.74 Å². The van der Waals surface area contributed by atoms with Crippen molar-refractivity contribution in [1.82, 2.24) is 0 Å². The van der Waals surface area contributed by atoms with Gasteiger partial charge in [0.05, 0.1) is 7.11 Å². The second-order valence-electron chi connectivity index (χ2n) is 5.10. The van der Waals surface area contributed by atoms with Crippen molar-refractivity contribution in [2.24, 2.45) is 0 Å². The molecule has 0 bridgehead atoms. The van der Waals surface area contributed by atoms with Gasteiger partial charge in [0, 0.05) is 11.7 Å². The van der Waals surface area contributed by atoms with Crippen LogP contribution in [0.15, 0.2) is 42.5 Å². The number of anilines is 1. The van der Waals surface area contributed by atoms with Gasteiger partial charge in [0.2, 0.25) is 0 Å². The number of aromatic hydroxyl groups is 1. The molecule has 0 aliphatic heterocycles. The van der Waals surface area contributed by atoms with Gasteiger partial charge in [0.25, 0.3) is 0 Å². The Morgan fingerprint density at radius 1 is 1.15 bits per heavy atom. The molecular weight excluding hydrogens is 250 g/mol. The number of benzene rings is 2. The Bertz CT molecular complexity index is 564. The number of rotatable bonds is 5. The second-order valence-corrected chi connectivity index (χ2v) is 5.10. The van der Waals surface area contributed by atoms with Crippen molar-refractivity contribution in [1.29, 1.82) is 0 Å². The lowest BCUT2D eigenvalue weighted by atomic mass is 10.1. The summed E-state index contributed by atoms with van der Waals surface area (Å²) in [5.74, 6) is 1.21. The molecule has 0 spiro atoms. The summed E-state index contributed by atoms with van der Waals surface area (Å²) in [5.41, 5.74) is 3.41. The fourth-order valence-electron chi connectivity index (χ4n) is 2.29. The smallest absolute Gasteiger partial charge is 0.121 e. The van der Waals surface area contributed by atoms with Crippen molar-refractivity contribution in [3.05, 3.63) is 53.6 Å². The molecule has 0 fully saturated rings.